The molecule has 3 rings (SSSR count). The van der Waals surface area contributed by atoms with Crippen molar-refractivity contribution >= 4 is 11.6 Å². The highest BCUT2D eigenvalue weighted by molar-refractivity contribution is 5.80. The van der Waals surface area contributed by atoms with Gasteiger partial charge < -0.3 is 14.4 Å². The molecular formula is C20H29N3O5. The number of benzene rings is 1. The Bertz CT molecular complexity index is 670. The molecule has 0 radical (unpaired) electrons. The molecule has 0 spiro atoms. The van der Waals surface area contributed by atoms with Gasteiger partial charge >= 0.3 is 0 Å². The van der Waals surface area contributed by atoms with E-state index < -0.39 is 6.10 Å². The first-order valence-corrected chi connectivity index (χ1v) is 10.0. The third kappa shape index (κ3) is 5.73. The molecule has 0 aromatic heterocycles. The second-order valence-corrected chi connectivity index (χ2v) is 7.49. The zero-order valence-corrected chi connectivity index (χ0v) is 16.4. The molecule has 8 heteroatoms. The molecule has 2 unspecified atom stereocenters. The smallest absolute Gasteiger partial charge is 0.269 e. The van der Waals surface area contributed by atoms with Crippen LogP contribution in [0.15, 0.2) is 24.3 Å². The van der Waals surface area contributed by atoms with Crippen LogP contribution >= 0.6 is 0 Å². The van der Waals surface area contributed by atoms with Gasteiger partial charge in [-0.2, -0.15) is 0 Å². The monoisotopic (exact) mass is 391 g/mol. The van der Waals surface area contributed by atoms with E-state index in [-0.39, 0.29) is 22.6 Å². The minimum Gasteiger partial charge on any atom is -0.376 e. The van der Waals surface area contributed by atoms with E-state index in [1.54, 1.807) is 19.1 Å². The standard InChI is InChI=1S/C20H29N3O5/c1-16(28-15-19-7-2-3-12-27-19)20(24)22-10-8-21(9-11-22)14-17-5-4-6-18(13-17)23(25)26/h4-6,13,16,19H,2-3,7-12,14-15H2,1H3. The van der Waals surface area contributed by atoms with Crippen LogP contribution in [0.1, 0.15) is 31.7 Å². The molecule has 0 N–H and O–H groups in total. The van der Waals surface area contributed by atoms with E-state index >= 15 is 0 Å². The van der Waals surface area contributed by atoms with Gasteiger partial charge in [-0.1, -0.05) is 12.1 Å². The van der Waals surface area contributed by atoms with Gasteiger partial charge in [0.1, 0.15) is 6.10 Å². The van der Waals surface area contributed by atoms with Crippen molar-refractivity contribution in [3.8, 4) is 0 Å². The molecule has 0 aliphatic carbocycles. The summed E-state index contributed by atoms with van der Waals surface area (Å²) in [5, 5.41) is 10.9. The number of nitro benzene ring substituents is 1. The van der Waals surface area contributed by atoms with Crippen LogP contribution in [0.4, 0.5) is 5.69 Å². The third-order valence-corrected chi connectivity index (χ3v) is 5.37. The van der Waals surface area contributed by atoms with Gasteiger partial charge in [0.05, 0.1) is 17.6 Å². The summed E-state index contributed by atoms with van der Waals surface area (Å²) in [6.45, 7) is 6.47. The maximum absolute atomic E-state index is 12.6. The summed E-state index contributed by atoms with van der Waals surface area (Å²) in [7, 11) is 0. The third-order valence-electron chi connectivity index (χ3n) is 5.37. The fraction of sp³-hybridized carbons (Fsp3) is 0.650. The van der Waals surface area contributed by atoms with Crippen molar-refractivity contribution in [1.29, 1.82) is 0 Å². The molecule has 2 saturated heterocycles. The van der Waals surface area contributed by atoms with Crippen LogP contribution in [0.5, 0.6) is 0 Å². The lowest BCUT2D eigenvalue weighted by Gasteiger charge is -2.36. The first kappa shape index (κ1) is 20.7. The topological polar surface area (TPSA) is 85.2 Å². The minimum absolute atomic E-state index is 0.0193. The van der Waals surface area contributed by atoms with E-state index in [2.05, 4.69) is 4.90 Å². The molecular weight excluding hydrogens is 362 g/mol. The second kappa shape index (κ2) is 9.95. The first-order valence-electron chi connectivity index (χ1n) is 10.0. The van der Waals surface area contributed by atoms with Gasteiger partial charge in [-0.15, -0.1) is 0 Å². The zero-order chi connectivity index (χ0) is 19.9. The second-order valence-electron chi connectivity index (χ2n) is 7.49. The quantitative estimate of drug-likeness (QED) is 0.523. The van der Waals surface area contributed by atoms with Crippen LogP contribution in [0.25, 0.3) is 0 Å². The lowest BCUT2D eigenvalue weighted by atomic mass is 10.1. The molecule has 8 nitrogen and oxygen atoms in total. The largest absolute Gasteiger partial charge is 0.376 e. The number of ether oxygens (including phenoxy) is 2. The molecule has 1 amide bonds. The highest BCUT2D eigenvalue weighted by atomic mass is 16.6. The van der Waals surface area contributed by atoms with E-state index in [0.29, 0.717) is 26.2 Å². The molecule has 2 aliphatic rings. The summed E-state index contributed by atoms with van der Waals surface area (Å²) >= 11 is 0. The SMILES string of the molecule is CC(OCC1CCCCO1)C(=O)N1CCN(Cc2cccc([N+](=O)[O-])c2)CC1. The number of carbonyl (C=O) groups excluding carboxylic acids is 1. The summed E-state index contributed by atoms with van der Waals surface area (Å²) in [4.78, 5) is 27.2. The molecule has 28 heavy (non-hydrogen) atoms. The lowest BCUT2D eigenvalue weighted by Crippen LogP contribution is -2.51. The van der Waals surface area contributed by atoms with Crippen LogP contribution in [0.2, 0.25) is 0 Å². The Morgan fingerprint density at radius 1 is 1.32 bits per heavy atom. The number of hydrogen-bond acceptors (Lipinski definition) is 6. The maximum Gasteiger partial charge on any atom is 0.269 e. The number of hydrogen-bond donors (Lipinski definition) is 0. The highest BCUT2D eigenvalue weighted by Gasteiger charge is 2.26. The Morgan fingerprint density at radius 3 is 2.79 bits per heavy atom. The predicted octanol–water partition coefficient (Wildman–Crippen LogP) is 2.21. The van der Waals surface area contributed by atoms with Gasteiger partial charge in [0.25, 0.3) is 11.6 Å². The van der Waals surface area contributed by atoms with Crippen LogP contribution in [0, 0.1) is 10.1 Å². The van der Waals surface area contributed by atoms with E-state index in [9.17, 15) is 14.9 Å². The van der Waals surface area contributed by atoms with Crippen molar-refractivity contribution in [2.75, 3.05) is 39.4 Å². The van der Waals surface area contributed by atoms with Gasteiger partial charge in [0.2, 0.25) is 0 Å². The van der Waals surface area contributed by atoms with E-state index in [1.165, 1.54) is 6.07 Å². The lowest BCUT2D eigenvalue weighted by molar-refractivity contribution is -0.384. The Hall–Kier alpha value is -2.03. The van der Waals surface area contributed by atoms with E-state index in [1.807, 2.05) is 11.0 Å². The number of non-ortho nitro benzene ring substituents is 1. The van der Waals surface area contributed by atoms with Crippen molar-refractivity contribution in [3.63, 3.8) is 0 Å². The van der Waals surface area contributed by atoms with E-state index in [4.69, 9.17) is 9.47 Å². The van der Waals surface area contributed by atoms with Crippen LogP contribution in [-0.4, -0.2) is 72.2 Å². The Balaban J connectivity index is 1.42. The maximum atomic E-state index is 12.6. The van der Waals surface area contributed by atoms with Crippen molar-refractivity contribution in [2.24, 2.45) is 0 Å². The number of nitro groups is 1. The number of amides is 1. The average molecular weight is 391 g/mol. The molecule has 2 atom stereocenters. The summed E-state index contributed by atoms with van der Waals surface area (Å²) in [6.07, 6.45) is 2.90. The fourth-order valence-electron chi connectivity index (χ4n) is 3.67. The molecule has 1 aromatic rings. The van der Waals surface area contributed by atoms with Gasteiger partial charge in [0, 0.05) is 51.5 Å². The van der Waals surface area contributed by atoms with Gasteiger partial charge in [-0.25, -0.2) is 0 Å². The first-order chi connectivity index (χ1) is 13.5. The molecule has 0 saturated carbocycles. The number of nitrogens with zero attached hydrogens (tertiary/aromatic N) is 3. The summed E-state index contributed by atoms with van der Waals surface area (Å²) in [5.74, 6) is 0.0193. The molecule has 2 aliphatic heterocycles. The average Bonchev–Trinajstić information content (AvgIpc) is 2.73. The van der Waals surface area contributed by atoms with Crippen molar-refractivity contribution < 1.29 is 19.2 Å². The molecule has 0 bridgehead atoms. The van der Waals surface area contributed by atoms with Crippen LogP contribution in [-0.2, 0) is 20.8 Å². The molecule has 2 fully saturated rings. The van der Waals surface area contributed by atoms with Crippen LogP contribution in [0.3, 0.4) is 0 Å². The summed E-state index contributed by atoms with van der Waals surface area (Å²) in [6, 6.07) is 6.72. The fourth-order valence-corrected chi connectivity index (χ4v) is 3.67. The predicted molar refractivity (Wildman–Crippen MR) is 104 cm³/mol. The van der Waals surface area contributed by atoms with Crippen molar-refractivity contribution in [3.05, 3.63) is 39.9 Å². The van der Waals surface area contributed by atoms with Gasteiger partial charge in [-0.05, 0) is 31.7 Å². The van der Waals surface area contributed by atoms with Crippen LogP contribution < -0.4 is 0 Å². The van der Waals surface area contributed by atoms with Gasteiger partial charge in [0.15, 0.2) is 0 Å². The van der Waals surface area contributed by atoms with Crippen molar-refractivity contribution in [1.82, 2.24) is 9.80 Å². The molecule has 2 heterocycles. The Labute approximate surface area is 165 Å². The highest BCUT2D eigenvalue weighted by Crippen LogP contribution is 2.17. The normalized spacial score (nSPS) is 22.0. The summed E-state index contributed by atoms with van der Waals surface area (Å²) in [5.41, 5.74) is 1.03. The van der Waals surface area contributed by atoms with Crippen molar-refractivity contribution in [2.45, 2.75) is 44.9 Å². The Kier molecular flexibility index (Phi) is 7.36. The minimum atomic E-state index is -0.464. The molecule has 154 valence electrons. The molecule has 1 aromatic carbocycles. The number of carbonyl (C=O) groups is 1. The van der Waals surface area contributed by atoms with Gasteiger partial charge in [-0.3, -0.25) is 19.8 Å². The number of piperazine rings is 1. The van der Waals surface area contributed by atoms with E-state index in [0.717, 1.165) is 44.5 Å². The zero-order valence-electron chi connectivity index (χ0n) is 16.4. The summed E-state index contributed by atoms with van der Waals surface area (Å²) < 4.78 is 11.4. The Morgan fingerprint density at radius 2 is 2.11 bits per heavy atom. The number of rotatable bonds is 7.